The van der Waals surface area contributed by atoms with Crippen LogP contribution in [-0.4, -0.2) is 37.1 Å². The summed E-state index contributed by atoms with van der Waals surface area (Å²) in [4.78, 5) is 2.68. The Morgan fingerprint density at radius 2 is 1.55 bits per heavy atom. The lowest BCUT2D eigenvalue weighted by Gasteiger charge is -2.51. The minimum atomic E-state index is 0.686. The molecule has 2 aliphatic rings. The van der Waals surface area contributed by atoms with E-state index in [0.717, 1.165) is 6.04 Å². The lowest BCUT2D eigenvalue weighted by atomic mass is 9.73. The van der Waals surface area contributed by atoms with Crippen molar-refractivity contribution in [2.24, 2.45) is 5.41 Å². The fraction of sp³-hybridized carbons (Fsp3) is 1.00. The molecule has 2 fully saturated rings. The quantitative estimate of drug-likeness (QED) is 0.670. The lowest BCUT2D eigenvalue weighted by Crippen LogP contribution is -2.57. The van der Waals surface area contributed by atoms with Crippen LogP contribution in [0.1, 0.15) is 78.1 Å². The average Bonchev–Trinajstić information content (AvgIpc) is 2.66. The highest BCUT2D eigenvalue weighted by Gasteiger charge is 2.40. The Hall–Kier alpha value is -0.0800. The van der Waals surface area contributed by atoms with Gasteiger partial charge in [0, 0.05) is 32.2 Å². The number of nitrogens with one attached hydrogen (secondary N) is 1. The van der Waals surface area contributed by atoms with Crippen LogP contribution >= 0.6 is 0 Å². The van der Waals surface area contributed by atoms with Crippen LogP contribution in [0, 0.1) is 5.41 Å². The SMILES string of the molecule is CCCC1(CCC)CN(CCNC2CCCCCC2)C1. The Balaban J connectivity index is 1.59. The van der Waals surface area contributed by atoms with Gasteiger partial charge in [0.2, 0.25) is 0 Å². The van der Waals surface area contributed by atoms with Crippen molar-refractivity contribution in [1.29, 1.82) is 0 Å². The Kier molecular flexibility index (Phi) is 6.83. The molecule has 0 aromatic rings. The number of hydrogen-bond acceptors (Lipinski definition) is 2. The first-order valence-electron chi connectivity index (χ1n) is 9.24. The summed E-state index contributed by atoms with van der Waals surface area (Å²) >= 11 is 0. The predicted octanol–water partition coefficient (Wildman–Crippen LogP) is 4.20. The molecule has 1 saturated heterocycles. The molecular formula is C18H36N2. The number of likely N-dealkylation sites (tertiary alicyclic amines) is 1. The largest absolute Gasteiger partial charge is 0.313 e. The minimum Gasteiger partial charge on any atom is -0.313 e. The third kappa shape index (κ3) is 4.73. The number of nitrogens with zero attached hydrogens (tertiary/aromatic N) is 1. The number of rotatable bonds is 8. The van der Waals surface area contributed by atoms with Crippen molar-refractivity contribution < 1.29 is 0 Å². The molecule has 118 valence electrons. The van der Waals surface area contributed by atoms with Crippen LogP contribution in [0.4, 0.5) is 0 Å². The molecule has 2 nitrogen and oxygen atoms in total. The molecule has 0 radical (unpaired) electrons. The molecule has 0 unspecified atom stereocenters. The van der Waals surface area contributed by atoms with E-state index in [4.69, 9.17) is 0 Å². The van der Waals surface area contributed by atoms with Crippen LogP contribution in [0.25, 0.3) is 0 Å². The van der Waals surface area contributed by atoms with E-state index >= 15 is 0 Å². The maximum atomic E-state index is 3.81. The van der Waals surface area contributed by atoms with Crippen LogP contribution in [0.5, 0.6) is 0 Å². The molecule has 0 spiro atoms. The molecule has 1 aliphatic carbocycles. The number of hydrogen-bond donors (Lipinski definition) is 1. The topological polar surface area (TPSA) is 15.3 Å². The van der Waals surface area contributed by atoms with Gasteiger partial charge in [-0.25, -0.2) is 0 Å². The van der Waals surface area contributed by atoms with Crippen LogP contribution in [0.15, 0.2) is 0 Å². The first kappa shape index (κ1) is 16.3. The summed E-state index contributed by atoms with van der Waals surface area (Å²) in [5.41, 5.74) is 0.686. The molecule has 0 aromatic heterocycles. The van der Waals surface area contributed by atoms with Gasteiger partial charge in [0.25, 0.3) is 0 Å². The Labute approximate surface area is 126 Å². The predicted molar refractivity (Wildman–Crippen MR) is 88.2 cm³/mol. The Morgan fingerprint density at radius 3 is 2.10 bits per heavy atom. The van der Waals surface area contributed by atoms with Crippen molar-refractivity contribution in [1.82, 2.24) is 10.2 Å². The molecule has 0 amide bonds. The van der Waals surface area contributed by atoms with Crippen molar-refractivity contribution in [3.05, 3.63) is 0 Å². The molecule has 0 aromatic carbocycles. The van der Waals surface area contributed by atoms with Gasteiger partial charge in [-0.15, -0.1) is 0 Å². The Bertz CT molecular complexity index is 242. The maximum absolute atomic E-state index is 3.81. The summed E-state index contributed by atoms with van der Waals surface area (Å²) in [5.74, 6) is 0. The van der Waals surface area contributed by atoms with Crippen molar-refractivity contribution in [2.75, 3.05) is 26.2 Å². The summed E-state index contributed by atoms with van der Waals surface area (Å²) in [6, 6.07) is 0.815. The van der Waals surface area contributed by atoms with Crippen molar-refractivity contribution in [3.8, 4) is 0 Å². The smallest absolute Gasteiger partial charge is 0.0107 e. The van der Waals surface area contributed by atoms with Gasteiger partial charge in [-0.3, -0.25) is 0 Å². The molecule has 0 bridgehead atoms. The van der Waals surface area contributed by atoms with E-state index in [1.165, 1.54) is 90.4 Å². The summed E-state index contributed by atoms with van der Waals surface area (Å²) < 4.78 is 0. The molecule has 1 N–H and O–H groups in total. The second kappa shape index (κ2) is 8.38. The van der Waals surface area contributed by atoms with Gasteiger partial charge in [-0.05, 0) is 31.1 Å². The van der Waals surface area contributed by atoms with E-state index in [1.54, 1.807) is 0 Å². The highest BCUT2D eigenvalue weighted by atomic mass is 15.2. The highest BCUT2D eigenvalue weighted by molar-refractivity contribution is 4.94. The lowest BCUT2D eigenvalue weighted by molar-refractivity contribution is -0.0137. The van der Waals surface area contributed by atoms with Crippen LogP contribution < -0.4 is 5.32 Å². The van der Waals surface area contributed by atoms with Gasteiger partial charge in [-0.2, -0.15) is 0 Å². The van der Waals surface area contributed by atoms with Crippen LogP contribution in [0.3, 0.4) is 0 Å². The first-order valence-corrected chi connectivity index (χ1v) is 9.24. The van der Waals surface area contributed by atoms with Crippen LogP contribution in [-0.2, 0) is 0 Å². The van der Waals surface area contributed by atoms with E-state index in [9.17, 15) is 0 Å². The molecule has 0 atom stereocenters. The summed E-state index contributed by atoms with van der Waals surface area (Å²) in [5, 5.41) is 3.81. The maximum Gasteiger partial charge on any atom is 0.0107 e. The van der Waals surface area contributed by atoms with Gasteiger partial charge in [0.1, 0.15) is 0 Å². The third-order valence-corrected chi connectivity index (χ3v) is 5.39. The van der Waals surface area contributed by atoms with E-state index in [-0.39, 0.29) is 0 Å². The van der Waals surface area contributed by atoms with E-state index in [1.807, 2.05) is 0 Å². The second-order valence-electron chi connectivity index (χ2n) is 7.35. The zero-order chi connectivity index (χ0) is 14.3. The van der Waals surface area contributed by atoms with Gasteiger partial charge in [0.15, 0.2) is 0 Å². The van der Waals surface area contributed by atoms with Gasteiger partial charge in [0.05, 0.1) is 0 Å². The molecule has 1 saturated carbocycles. The fourth-order valence-electron chi connectivity index (χ4n) is 4.47. The van der Waals surface area contributed by atoms with E-state index < -0.39 is 0 Å². The van der Waals surface area contributed by atoms with Gasteiger partial charge in [-0.1, -0.05) is 52.4 Å². The molecular weight excluding hydrogens is 244 g/mol. The highest BCUT2D eigenvalue weighted by Crippen LogP contribution is 2.39. The Morgan fingerprint density at radius 1 is 0.950 bits per heavy atom. The summed E-state index contributed by atoms with van der Waals surface area (Å²) in [7, 11) is 0. The van der Waals surface area contributed by atoms with E-state index in [2.05, 4.69) is 24.1 Å². The normalized spacial score (nSPS) is 24.3. The van der Waals surface area contributed by atoms with Crippen LogP contribution in [0.2, 0.25) is 0 Å². The molecule has 20 heavy (non-hydrogen) atoms. The van der Waals surface area contributed by atoms with Crippen molar-refractivity contribution in [3.63, 3.8) is 0 Å². The van der Waals surface area contributed by atoms with Gasteiger partial charge < -0.3 is 10.2 Å². The summed E-state index contributed by atoms with van der Waals surface area (Å²) in [6.07, 6.45) is 14.2. The van der Waals surface area contributed by atoms with Gasteiger partial charge >= 0.3 is 0 Å². The molecule has 1 aliphatic heterocycles. The van der Waals surface area contributed by atoms with E-state index in [0.29, 0.717) is 5.41 Å². The molecule has 2 rings (SSSR count). The fourth-order valence-corrected chi connectivity index (χ4v) is 4.47. The third-order valence-electron chi connectivity index (χ3n) is 5.39. The van der Waals surface area contributed by atoms with Crippen molar-refractivity contribution >= 4 is 0 Å². The monoisotopic (exact) mass is 280 g/mol. The van der Waals surface area contributed by atoms with Crippen molar-refractivity contribution in [2.45, 2.75) is 84.1 Å². The first-order chi connectivity index (χ1) is 9.78. The summed E-state index contributed by atoms with van der Waals surface area (Å²) in [6.45, 7) is 9.88. The molecule has 2 heteroatoms. The minimum absolute atomic E-state index is 0.686. The zero-order valence-electron chi connectivity index (χ0n) is 13.9. The zero-order valence-corrected chi connectivity index (χ0v) is 13.9. The average molecular weight is 280 g/mol. The molecule has 1 heterocycles. The standard InChI is InChI=1S/C18H36N2/c1-3-11-18(12-4-2)15-20(16-18)14-13-19-17-9-7-5-6-8-10-17/h17,19H,3-16H2,1-2H3. The second-order valence-corrected chi connectivity index (χ2v) is 7.35.